The summed E-state index contributed by atoms with van der Waals surface area (Å²) in [6.45, 7) is 4.33. The zero-order valence-electron chi connectivity index (χ0n) is 14.3. The summed E-state index contributed by atoms with van der Waals surface area (Å²) in [7, 11) is 2.14. The molecule has 1 aliphatic heterocycles. The highest BCUT2D eigenvalue weighted by atomic mass is 16.5. The van der Waals surface area contributed by atoms with Gasteiger partial charge in [-0.15, -0.1) is 0 Å². The SMILES string of the molecule is CN1CCN(c2nc3ccccc3nc2OCc2ccncc2)CC1. The van der Waals surface area contributed by atoms with Crippen LogP contribution in [0.1, 0.15) is 5.56 Å². The molecule has 0 radical (unpaired) electrons. The molecule has 1 aromatic carbocycles. The van der Waals surface area contributed by atoms with Crippen molar-refractivity contribution in [3.63, 3.8) is 0 Å². The molecule has 3 aromatic rings. The molecular weight excluding hydrogens is 314 g/mol. The first kappa shape index (κ1) is 15.8. The van der Waals surface area contributed by atoms with Crippen molar-refractivity contribution in [1.82, 2.24) is 19.9 Å². The van der Waals surface area contributed by atoms with Crippen molar-refractivity contribution >= 4 is 16.9 Å². The maximum absolute atomic E-state index is 6.05. The summed E-state index contributed by atoms with van der Waals surface area (Å²) in [5.74, 6) is 1.43. The first-order valence-electron chi connectivity index (χ1n) is 8.51. The number of para-hydroxylation sites is 2. The molecule has 25 heavy (non-hydrogen) atoms. The number of ether oxygens (including phenoxy) is 1. The first-order valence-corrected chi connectivity index (χ1v) is 8.51. The summed E-state index contributed by atoms with van der Waals surface area (Å²) < 4.78 is 6.05. The Bertz CT molecular complexity index is 847. The van der Waals surface area contributed by atoms with Gasteiger partial charge in [0.05, 0.1) is 11.0 Å². The van der Waals surface area contributed by atoms with Crippen LogP contribution in [0.4, 0.5) is 5.82 Å². The Kier molecular flexibility index (Phi) is 4.43. The van der Waals surface area contributed by atoms with E-state index in [2.05, 4.69) is 21.8 Å². The van der Waals surface area contributed by atoms with Crippen molar-refractivity contribution in [1.29, 1.82) is 0 Å². The Morgan fingerprint density at radius 3 is 2.32 bits per heavy atom. The lowest BCUT2D eigenvalue weighted by molar-refractivity contribution is 0.286. The van der Waals surface area contributed by atoms with Crippen LogP contribution < -0.4 is 9.64 Å². The van der Waals surface area contributed by atoms with Crippen LogP contribution in [0.2, 0.25) is 0 Å². The van der Waals surface area contributed by atoms with E-state index < -0.39 is 0 Å². The highest BCUT2D eigenvalue weighted by Gasteiger charge is 2.21. The van der Waals surface area contributed by atoms with E-state index in [4.69, 9.17) is 14.7 Å². The van der Waals surface area contributed by atoms with Gasteiger partial charge in [-0.05, 0) is 36.9 Å². The molecule has 4 rings (SSSR count). The fraction of sp³-hybridized carbons (Fsp3) is 0.316. The second-order valence-electron chi connectivity index (χ2n) is 6.28. The minimum atomic E-state index is 0.455. The molecule has 0 N–H and O–H groups in total. The molecule has 1 saturated heterocycles. The number of aromatic nitrogens is 3. The van der Waals surface area contributed by atoms with Crippen LogP contribution in [0.3, 0.4) is 0 Å². The van der Waals surface area contributed by atoms with Gasteiger partial charge in [0.2, 0.25) is 0 Å². The summed E-state index contributed by atoms with van der Waals surface area (Å²) in [6, 6.07) is 11.8. The quantitative estimate of drug-likeness (QED) is 0.729. The van der Waals surface area contributed by atoms with Gasteiger partial charge in [-0.1, -0.05) is 12.1 Å². The molecule has 0 aliphatic carbocycles. The van der Waals surface area contributed by atoms with Crippen LogP contribution in [0.5, 0.6) is 5.88 Å². The van der Waals surface area contributed by atoms with Crippen molar-refractivity contribution in [2.75, 3.05) is 38.1 Å². The summed E-state index contributed by atoms with van der Waals surface area (Å²) in [5.41, 5.74) is 2.81. The number of anilines is 1. The highest BCUT2D eigenvalue weighted by Crippen LogP contribution is 2.28. The molecule has 0 atom stereocenters. The maximum Gasteiger partial charge on any atom is 0.258 e. The summed E-state index contributed by atoms with van der Waals surface area (Å²) in [6.07, 6.45) is 3.54. The average molecular weight is 335 g/mol. The second kappa shape index (κ2) is 7.03. The number of piperazine rings is 1. The number of fused-ring (bicyclic) bond motifs is 1. The van der Waals surface area contributed by atoms with Gasteiger partial charge in [0.15, 0.2) is 5.82 Å². The number of rotatable bonds is 4. The van der Waals surface area contributed by atoms with Crippen molar-refractivity contribution in [2.45, 2.75) is 6.61 Å². The molecule has 6 nitrogen and oxygen atoms in total. The first-order chi connectivity index (χ1) is 12.3. The van der Waals surface area contributed by atoms with E-state index in [0.717, 1.165) is 48.6 Å². The molecule has 2 aromatic heterocycles. The second-order valence-corrected chi connectivity index (χ2v) is 6.28. The molecular formula is C19H21N5O. The van der Waals surface area contributed by atoms with Gasteiger partial charge < -0.3 is 14.5 Å². The lowest BCUT2D eigenvalue weighted by Crippen LogP contribution is -2.45. The Hall–Kier alpha value is -2.73. The molecule has 0 bridgehead atoms. The summed E-state index contributed by atoms with van der Waals surface area (Å²) in [5, 5.41) is 0. The van der Waals surface area contributed by atoms with Gasteiger partial charge in [-0.3, -0.25) is 4.98 Å². The van der Waals surface area contributed by atoms with Gasteiger partial charge in [-0.25, -0.2) is 9.97 Å². The van der Waals surface area contributed by atoms with Gasteiger partial charge in [0.25, 0.3) is 5.88 Å². The van der Waals surface area contributed by atoms with Gasteiger partial charge in [-0.2, -0.15) is 0 Å². The van der Waals surface area contributed by atoms with E-state index in [-0.39, 0.29) is 0 Å². The predicted molar refractivity (Wildman–Crippen MR) is 97.8 cm³/mol. The zero-order chi connectivity index (χ0) is 17.1. The number of nitrogens with zero attached hydrogens (tertiary/aromatic N) is 5. The Morgan fingerprint density at radius 1 is 0.920 bits per heavy atom. The van der Waals surface area contributed by atoms with Gasteiger partial charge in [0.1, 0.15) is 6.61 Å². The normalized spacial score (nSPS) is 15.5. The predicted octanol–water partition coefficient (Wildman–Crippen LogP) is 2.36. The topological polar surface area (TPSA) is 54.4 Å². The van der Waals surface area contributed by atoms with E-state index in [9.17, 15) is 0 Å². The van der Waals surface area contributed by atoms with Gasteiger partial charge in [0, 0.05) is 38.6 Å². The van der Waals surface area contributed by atoms with Crippen LogP contribution in [-0.4, -0.2) is 53.1 Å². The average Bonchev–Trinajstić information content (AvgIpc) is 2.67. The third-order valence-electron chi connectivity index (χ3n) is 4.45. The van der Waals surface area contributed by atoms with E-state index in [1.165, 1.54) is 0 Å². The Labute approximate surface area is 147 Å². The summed E-state index contributed by atoms with van der Waals surface area (Å²) >= 11 is 0. The highest BCUT2D eigenvalue weighted by molar-refractivity contribution is 5.77. The van der Waals surface area contributed by atoms with Crippen LogP contribution in [0, 0.1) is 0 Å². The third kappa shape index (κ3) is 3.53. The molecule has 0 saturated carbocycles. The molecule has 0 unspecified atom stereocenters. The number of pyridine rings is 1. The zero-order valence-corrected chi connectivity index (χ0v) is 14.3. The molecule has 1 aliphatic rings. The van der Waals surface area contributed by atoms with E-state index in [0.29, 0.717) is 12.5 Å². The van der Waals surface area contributed by atoms with Crippen molar-refractivity contribution in [3.05, 3.63) is 54.4 Å². The monoisotopic (exact) mass is 335 g/mol. The standard InChI is InChI=1S/C19H21N5O/c1-23-10-12-24(13-11-23)18-19(25-14-15-6-8-20-9-7-15)22-17-5-3-2-4-16(17)21-18/h2-9H,10-14H2,1H3. The Morgan fingerprint density at radius 2 is 1.60 bits per heavy atom. The molecule has 0 spiro atoms. The van der Waals surface area contributed by atoms with Crippen LogP contribution >= 0.6 is 0 Å². The fourth-order valence-corrected chi connectivity index (χ4v) is 2.93. The van der Waals surface area contributed by atoms with Gasteiger partial charge >= 0.3 is 0 Å². The molecule has 0 amide bonds. The van der Waals surface area contributed by atoms with Crippen LogP contribution in [0.25, 0.3) is 11.0 Å². The lowest BCUT2D eigenvalue weighted by atomic mass is 10.3. The molecule has 128 valence electrons. The van der Waals surface area contributed by atoms with Crippen molar-refractivity contribution < 1.29 is 4.74 Å². The molecule has 6 heteroatoms. The number of likely N-dealkylation sites (N-methyl/N-ethyl adjacent to an activating group) is 1. The van der Waals surface area contributed by atoms with Crippen molar-refractivity contribution in [2.24, 2.45) is 0 Å². The largest absolute Gasteiger partial charge is 0.470 e. The van der Waals surface area contributed by atoms with E-state index >= 15 is 0 Å². The minimum absolute atomic E-state index is 0.455. The fourth-order valence-electron chi connectivity index (χ4n) is 2.93. The van der Waals surface area contributed by atoms with Crippen molar-refractivity contribution in [3.8, 4) is 5.88 Å². The maximum atomic E-state index is 6.05. The van der Waals surface area contributed by atoms with E-state index in [1.807, 2.05) is 36.4 Å². The lowest BCUT2D eigenvalue weighted by Gasteiger charge is -2.33. The van der Waals surface area contributed by atoms with Crippen LogP contribution in [0.15, 0.2) is 48.8 Å². The smallest absolute Gasteiger partial charge is 0.258 e. The molecule has 1 fully saturated rings. The minimum Gasteiger partial charge on any atom is -0.470 e. The number of hydrogen-bond donors (Lipinski definition) is 0. The molecule has 3 heterocycles. The van der Waals surface area contributed by atoms with Crippen LogP contribution in [-0.2, 0) is 6.61 Å². The summed E-state index contributed by atoms with van der Waals surface area (Å²) in [4.78, 5) is 18.2. The number of hydrogen-bond acceptors (Lipinski definition) is 6. The van der Waals surface area contributed by atoms with E-state index in [1.54, 1.807) is 12.4 Å². The third-order valence-corrected chi connectivity index (χ3v) is 4.45. The number of benzene rings is 1. The Balaban J connectivity index is 1.66.